The Kier molecular flexibility index (Phi) is 4.02. The number of nitrogens with zero attached hydrogens (tertiary/aromatic N) is 1. The number of hydrogen-bond acceptors (Lipinski definition) is 2. The number of carbonyl (C=O) groups excluding carboxylic acids is 1. The maximum atomic E-state index is 12.3. The Labute approximate surface area is 109 Å². The van der Waals surface area contributed by atoms with Gasteiger partial charge in [-0.1, -0.05) is 30.7 Å². The highest BCUT2D eigenvalue weighted by Gasteiger charge is 2.32. The lowest BCUT2D eigenvalue weighted by atomic mass is 10.0. The van der Waals surface area contributed by atoms with Crippen LogP contribution in [0.5, 0.6) is 0 Å². The molecule has 18 heavy (non-hydrogen) atoms. The van der Waals surface area contributed by atoms with E-state index in [1.807, 2.05) is 24.1 Å². The summed E-state index contributed by atoms with van der Waals surface area (Å²) in [6, 6.07) is 8.25. The second kappa shape index (κ2) is 5.53. The number of rotatable bonds is 3. The van der Waals surface area contributed by atoms with Gasteiger partial charge in [0.2, 0.25) is 5.91 Å². The molecule has 1 aliphatic carbocycles. The van der Waals surface area contributed by atoms with Gasteiger partial charge >= 0.3 is 0 Å². The van der Waals surface area contributed by atoms with E-state index in [2.05, 4.69) is 19.1 Å². The third-order valence-electron chi connectivity index (χ3n) is 3.93. The first-order valence-corrected chi connectivity index (χ1v) is 6.64. The number of nitrogens with two attached hydrogens (primary N) is 1. The van der Waals surface area contributed by atoms with Crippen LogP contribution >= 0.6 is 0 Å². The maximum absolute atomic E-state index is 12.3. The molecule has 0 saturated heterocycles. The summed E-state index contributed by atoms with van der Waals surface area (Å²) in [6.45, 7) is 2.75. The van der Waals surface area contributed by atoms with Crippen LogP contribution in [0.1, 0.15) is 30.4 Å². The lowest BCUT2D eigenvalue weighted by molar-refractivity contribution is -0.134. The highest BCUT2D eigenvalue weighted by Crippen LogP contribution is 2.26. The number of carbonyl (C=O) groups is 1. The van der Waals surface area contributed by atoms with Crippen molar-refractivity contribution in [2.75, 3.05) is 7.05 Å². The molecule has 2 rings (SSSR count). The van der Waals surface area contributed by atoms with Crippen LogP contribution in [0.15, 0.2) is 24.3 Å². The molecule has 1 aliphatic rings. The van der Waals surface area contributed by atoms with Crippen LogP contribution in [-0.4, -0.2) is 23.9 Å². The Hall–Kier alpha value is -1.35. The molecule has 3 heteroatoms. The topological polar surface area (TPSA) is 46.3 Å². The zero-order chi connectivity index (χ0) is 13.1. The largest absolute Gasteiger partial charge is 0.341 e. The molecule has 98 valence electrons. The van der Waals surface area contributed by atoms with Gasteiger partial charge in [-0.3, -0.25) is 4.79 Å². The quantitative estimate of drug-likeness (QED) is 0.887. The predicted octanol–water partition coefficient (Wildman–Crippen LogP) is 2.08. The van der Waals surface area contributed by atoms with Crippen LogP contribution in [0.4, 0.5) is 0 Å². The van der Waals surface area contributed by atoms with Gasteiger partial charge in [-0.2, -0.15) is 0 Å². The third-order valence-corrected chi connectivity index (χ3v) is 3.93. The fraction of sp³-hybridized carbons (Fsp3) is 0.533. The first kappa shape index (κ1) is 13.1. The molecule has 0 heterocycles. The average molecular weight is 246 g/mol. The molecule has 0 aromatic heterocycles. The van der Waals surface area contributed by atoms with Crippen molar-refractivity contribution in [3.8, 4) is 0 Å². The molecule has 0 aliphatic heterocycles. The summed E-state index contributed by atoms with van der Waals surface area (Å²) in [5, 5.41) is 0. The van der Waals surface area contributed by atoms with Crippen molar-refractivity contribution in [3.05, 3.63) is 35.4 Å². The highest BCUT2D eigenvalue weighted by atomic mass is 16.2. The van der Waals surface area contributed by atoms with Gasteiger partial charge in [0.05, 0.1) is 5.92 Å². The lowest BCUT2D eigenvalue weighted by Crippen LogP contribution is -2.39. The van der Waals surface area contributed by atoms with Gasteiger partial charge in [0.25, 0.3) is 0 Å². The first-order chi connectivity index (χ1) is 8.59. The molecule has 0 radical (unpaired) electrons. The van der Waals surface area contributed by atoms with E-state index in [1.54, 1.807) is 0 Å². The standard InChI is InChI=1S/C15H22N2O/c1-11-6-3-4-7-12(11)10-17(2)15(18)13-8-5-9-14(13)16/h3-4,6-7,13-14H,5,8-10,16H2,1-2H3/t13-,14+/m1/s1. The van der Waals surface area contributed by atoms with E-state index < -0.39 is 0 Å². The van der Waals surface area contributed by atoms with Crippen molar-refractivity contribution in [1.29, 1.82) is 0 Å². The zero-order valence-corrected chi connectivity index (χ0v) is 11.2. The van der Waals surface area contributed by atoms with Crippen molar-refractivity contribution >= 4 is 5.91 Å². The maximum Gasteiger partial charge on any atom is 0.227 e. The van der Waals surface area contributed by atoms with E-state index in [0.29, 0.717) is 6.54 Å². The van der Waals surface area contributed by atoms with Crippen molar-refractivity contribution < 1.29 is 4.79 Å². The minimum Gasteiger partial charge on any atom is -0.341 e. The van der Waals surface area contributed by atoms with Gasteiger partial charge in [-0.25, -0.2) is 0 Å². The Morgan fingerprint density at radius 2 is 2.11 bits per heavy atom. The number of aryl methyl sites for hydroxylation is 1. The van der Waals surface area contributed by atoms with Crippen LogP contribution in [-0.2, 0) is 11.3 Å². The minimum atomic E-state index is 0.0269. The van der Waals surface area contributed by atoms with Gasteiger partial charge in [0, 0.05) is 19.6 Å². The van der Waals surface area contributed by atoms with Gasteiger partial charge in [0.1, 0.15) is 0 Å². The molecule has 1 saturated carbocycles. The molecular weight excluding hydrogens is 224 g/mol. The summed E-state index contributed by atoms with van der Waals surface area (Å²) in [5.74, 6) is 0.224. The van der Waals surface area contributed by atoms with E-state index >= 15 is 0 Å². The summed E-state index contributed by atoms with van der Waals surface area (Å²) in [7, 11) is 1.87. The number of amides is 1. The molecule has 1 amide bonds. The van der Waals surface area contributed by atoms with E-state index in [9.17, 15) is 4.79 Å². The van der Waals surface area contributed by atoms with E-state index in [-0.39, 0.29) is 17.9 Å². The SMILES string of the molecule is Cc1ccccc1CN(C)C(=O)[C@@H]1CCC[C@@H]1N. The van der Waals surface area contributed by atoms with Gasteiger partial charge in [-0.05, 0) is 30.9 Å². The fourth-order valence-corrected chi connectivity index (χ4v) is 2.70. The molecule has 0 unspecified atom stereocenters. The molecule has 1 aromatic carbocycles. The molecule has 0 spiro atoms. The van der Waals surface area contributed by atoms with Gasteiger partial charge < -0.3 is 10.6 Å². The Bertz CT molecular complexity index is 430. The zero-order valence-electron chi connectivity index (χ0n) is 11.2. The summed E-state index contributed by atoms with van der Waals surface area (Å²) in [5.41, 5.74) is 8.43. The lowest BCUT2D eigenvalue weighted by Gasteiger charge is -2.24. The monoisotopic (exact) mass is 246 g/mol. The molecule has 1 aromatic rings. The normalized spacial score (nSPS) is 23.1. The Morgan fingerprint density at radius 1 is 1.39 bits per heavy atom. The summed E-state index contributed by atoms with van der Waals surface area (Å²) >= 11 is 0. The minimum absolute atomic E-state index is 0.0269. The fourth-order valence-electron chi connectivity index (χ4n) is 2.70. The second-order valence-corrected chi connectivity index (χ2v) is 5.32. The molecular formula is C15H22N2O. The number of benzene rings is 1. The van der Waals surface area contributed by atoms with Gasteiger partial charge in [-0.15, -0.1) is 0 Å². The third kappa shape index (κ3) is 2.72. The molecule has 3 nitrogen and oxygen atoms in total. The molecule has 1 fully saturated rings. The van der Waals surface area contributed by atoms with Crippen LogP contribution in [0.3, 0.4) is 0 Å². The highest BCUT2D eigenvalue weighted by molar-refractivity contribution is 5.79. The second-order valence-electron chi connectivity index (χ2n) is 5.32. The van der Waals surface area contributed by atoms with Gasteiger partial charge in [0.15, 0.2) is 0 Å². The van der Waals surface area contributed by atoms with Crippen LogP contribution in [0, 0.1) is 12.8 Å². The molecule has 2 atom stereocenters. The van der Waals surface area contributed by atoms with Crippen molar-refractivity contribution in [1.82, 2.24) is 4.90 Å². The van der Waals surface area contributed by atoms with E-state index in [1.165, 1.54) is 11.1 Å². The van der Waals surface area contributed by atoms with Crippen molar-refractivity contribution in [2.24, 2.45) is 11.7 Å². The number of hydrogen-bond donors (Lipinski definition) is 1. The van der Waals surface area contributed by atoms with E-state index in [0.717, 1.165) is 19.3 Å². The van der Waals surface area contributed by atoms with Crippen LogP contribution in [0.25, 0.3) is 0 Å². The Balaban J connectivity index is 2.01. The molecule has 0 bridgehead atoms. The average Bonchev–Trinajstić information content (AvgIpc) is 2.77. The predicted molar refractivity (Wildman–Crippen MR) is 73.0 cm³/mol. The first-order valence-electron chi connectivity index (χ1n) is 6.64. The van der Waals surface area contributed by atoms with Crippen molar-refractivity contribution in [2.45, 2.75) is 38.8 Å². The van der Waals surface area contributed by atoms with Crippen LogP contribution < -0.4 is 5.73 Å². The summed E-state index contributed by atoms with van der Waals surface area (Å²) < 4.78 is 0. The van der Waals surface area contributed by atoms with Crippen molar-refractivity contribution in [3.63, 3.8) is 0 Å². The smallest absolute Gasteiger partial charge is 0.227 e. The van der Waals surface area contributed by atoms with E-state index in [4.69, 9.17) is 5.73 Å². The van der Waals surface area contributed by atoms with Crippen LogP contribution in [0.2, 0.25) is 0 Å². The summed E-state index contributed by atoms with van der Waals surface area (Å²) in [4.78, 5) is 14.1. The molecule has 2 N–H and O–H groups in total. The Morgan fingerprint density at radius 3 is 2.72 bits per heavy atom. The summed E-state index contributed by atoms with van der Waals surface area (Å²) in [6.07, 6.45) is 3.00.